The Balaban J connectivity index is 1.43. The topological polar surface area (TPSA) is 59.1 Å². The predicted octanol–water partition coefficient (Wildman–Crippen LogP) is 5.27. The molecule has 1 aliphatic rings. The number of piperazine rings is 1. The van der Waals surface area contributed by atoms with Gasteiger partial charge in [0.1, 0.15) is 10.6 Å². The molecule has 3 aromatic carbocycles. The standard InChI is InChI=1S/C26H28Cl2N2O4S/c1-33-23-6-4-5-20(17-23)19-34-25(21-9-11-22(27)12-10-21)18-29-13-15-30(16-14-29)35(31,32)26-8-3-2-7-24(26)28/h2-12,17,25H,13-16,18-19H2,1H3. The summed E-state index contributed by atoms with van der Waals surface area (Å²) >= 11 is 12.3. The molecule has 186 valence electrons. The Morgan fingerprint density at radius 3 is 2.31 bits per heavy atom. The quantitative estimate of drug-likeness (QED) is 0.374. The van der Waals surface area contributed by atoms with Crippen molar-refractivity contribution < 1.29 is 17.9 Å². The van der Waals surface area contributed by atoms with Crippen LogP contribution in [0.1, 0.15) is 17.2 Å². The van der Waals surface area contributed by atoms with Gasteiger partial charge in [0.25, 0.3) is 0 Å². The third-order valence-corrected chi connectivity index (χ3v) is 8.69. The molecular weight excluding hydrogens is 507 g/mol. The van der Waals surface area contributed by atoms with E-state index in [-0.39, 0.29) is 16.0 Å². The van der Waals surface area contributed by atoms with Crippen molar-refractivity contribution in [2.45, 2.75) is 17.6 Å². The van der Waals surface area contributed by atoms with Crippen molar-refractivity contribution in [1.29, 1.82) is 0 Å². The highest BCUT2D eigenvalue weighted by Gasteiger charge is 2.31. The fourth-order valence-electron chi connectivity index (χ4n) is 4.07. The van der Waals surface area contributed by atoms with Crippen molar-refractivity contribution in [2.24, 2.45) is 0 Å². The lowest BCUT2D eigenvalue weighted by Gasteiger charge is -2.36. The van der Waals surface area contributed by atoms with Crippen LogP contribution in [0.2, 0.25) is 10.0 Å². The van der Waals surface area contributed by atoms with Gasteiger partial charge in [-0.25, -0.2) is 8.42 Å². The Hall–Kier alpha value is -2.13. The van der Waals surface area contributed by atoms with E-state index in [0.717, 1.165) is 16.9 Å². The number of methoxy groups -OCH3 is 1. The van der Waals surface area contributed by atoms with Gasteiger partial charge in [0, 0.05) is 37.7 Å². The number of sulfonamides is 1. The zero-order valence-electron chi connectivity index (χ0n) is 19.4. The van der Waals surface area contributed by atoms with Crippen LogP contribution >= 0.6 is 23.2 Å². The van der Waals surface area contributed by atoms with Gasteiger partial charge in [-0.05, 0) is 47.5 Å². The molecule has 3 aromatic rings. The van der Waals surface area contributed by atoms with E-state index in [1.54, 1.807) is 31.4 Å². The molecule has 9 heteroatoms. The van der Waals surface area contributed by atoms with E-state index in [4.69, 9.17) is 32.7 Å². The molecule has 0 saturated carbocycles. The molecule has 1 fully saturated rings. The maximum atomic E-state index is 13.1. The molecule has 0 spiro atoms. The van der Waals surface area contributed by atoms with Crippen LogP contribution in [0, 0.1) is 0 Å². The van der Waals surface area contributed by atoms with E-state index in [2.05, 4.69) is 4.90 Å². The van der Waals surface area contributed by atoms with Gasteiger partial charge in [0.05, 0.1) is 24.8 Å². The lowest BCUT2D eigenvalue weighted by atomic mass is 10.1. The summed E-state index contributed by atoms with van der Waals surface area (Å²) in [5.41, 5.74) is 2.03. The molecular formula is C26H28Cl2N2O4S. The lowest BCUT2D eigenvalue weighted by molar-refractivity contribution is 0.00767. The Kier molecular flexibility index (Phi) is 8.70. The van der Waals surface area contributed by atoms with Gasteiger partial charge in [0.15, 0.2) is 0 Å². The number of halogens is 2. The summed E-state index contributed by atoms with van der Waals surface area (Å²) < 4.78 is 39.3. The number of hydrogen-bond acceptors (Lipinski definition) is 5. The van der Waals surface area contributed by atoms with Crippen molar-refractivity contribution in [1.82, 2.24) is 9.21 Å². The Morgan fingerprint density at radius 2 is 1.63 bits per heavy atom. The normalized spacial score (nSPS) is 16.2. The lowest BCUT2D eigenvalue weighted by Crippen LogP contribution is -2.49. The largest absolute Gasteiger partial charge is 0.497 e. The van der Waals surface area contributed by atoms with E-state index < -0.39 is 10.0 Å². The molecule has 4 rings (SSSR count). The van der Waals surface area contributed by atoms with Gasteiger partial charge < -0.3 is 9.47 Å². The summed E-state index contributed by atoms with van der Waals surface area (Å²) in [5.74, 6) is 0.782. The van der Waals surface area contributed by atoms with Crippen molar-refractivity contribution in [3.8, 4) is 5.75 Å². The van der Waals surface area contributed by atoms with E-state index in [1.165, 1.54) is 4.31 Å². The second kappa shape index (κ2) is 11.7. The molecule has 1 heterocycles. The van der Waals surface area contributed by atoms with E-state index >= 15 is 0 Å². The van der Waals surface area contributed by atoms with Gasteiger partial charge in [-0.15, -0.1) is 0 Å². The van der Waals surface area contributed by atoms with E-state index in [0.29, 0.717) is 44.4 Å². The second-order valence-electron chi connectivity index (χ2n) is 8.34. The van der Waals surface area contributed by atoms with Crippen LogP contribution in [0.25, 0.3) is 0 Å². The zero-order chi connectivity index (χ0) is 24.8. The fourth-order valence-corrected chi connectivity index (χ4v) is 6.11. The minimum absolute atomic E-state index is 0.149. The molecule has 0 bridgehead atoms. The van der Waals surface area contributed by atoms with Crippen molar-refractivity contribution in [3.05, 3.63) is 94.0 Å². The number of nitrogens with zero attached hydrogens (tertiary/aromatic N) is 2. The maximum absolute atomic E-state index is 13.1. The van der Waals surface area contributed by atoms with Crippen LogP contribution in [0.5, 0.6) is 5.75 Å². The molecule has 1 saturated heterocycles. The van der Waals surface area contributed by atoms with Gasteiger partial charge in [0.2, 0.25) is 10.0 Å². The number of rotatable bonds is 9. The molecule has 0 aromatic heterocycles. The van der Waals surface area contributed by atoms with Gasteiger partial charge in [-0.1, -0.05) is 59.6 Å². The van der Waals surface area contributed by atoms with Crippen molar-refractivity contribution in [2.75, 3.05) is 39.8 Å². The number of hydrogen-bond donors (Lipinski definition) is 0. The summed E-state index contributed by atoms with van der Waals surface area (Å²) in [4.78, 5) is 2.37. The molecule has 1 aliphatic heterocycles. The van der Waals surface area contributed by atoms with Gasteiger partial charge >= 0.3 is 0 Å². The monoisotopic (exact) mass is 534 g/mol. The number of benzene rings is 3. The maximum Gasteiger partial charge on any atom is 0.244 e. The van der Waals surface area contributed by atoms with E-state index in [9.17, 15) is 8.42 Å². The molecule has 0 amide bonds. The van der Waals surface area contributed by atoms with Gasteiger partial charge in [-0.3, -0.25) is 4.90 Å². The first-order chi connectivity index (χ1) is 16.9. The first-order valence-electron chi connectivity index (χ1n) is 11.3. The van der Waals surface area contributed by atoms with E-state index in [1.807, 2.05) is 48.5 Å². The summed E-state index contributed by atoms with van der Waals surface area (Å²) in [7, 11) is -2.00. The molecule has 0 aliphatic carbocycles. The third-order valence-electron chi connectivity index (χ3n) is 6.04. The minimum Gasteiger partial charge on any atom is -0.497 e. The van der Waals surface area contributed by atoms with Crippen LogP contribution in [0.3, 0.4) is 0 Å². The molecule has 6 nitrogen and oxygen atoms in total. The predicted molar refractivity (Wildman–Crippen MR) is 139 cm³/mol. The fraction of sp³-hybridized carbons (Fsp3) is 0.308. The van der Waals surface area contributed by atoms with Crippen molar-refractivity contribution in [3.63, 3.8) is 0 Å². The molecule has 1 atom stereocenters. The Morgan fingerprint density at radius 1 is 0.914 bits per heavy atom. The first-order valence-corrected chi connectivity index (χ1v) is 13.5. The van der Waals surface area contributed by atoms with Crippen LogP contribution in [0.15, 0.2) is 77.7 Å². The first kappa shape index (κ1) is 25.9. The highest BCUT2D eigenvalue weighted by atomic mass is 35.5. The second-order valence-corrected chi connectivity index (χ2v) is 11.1. The molecule has 0 N–H and O–H groups in total. The minimum atomic E-state index is -3.64. The summed E-state index contributed by atoms with van der Waals surface area (Å²) in [6.45, 7) is 3.01. The molecule has 1 unspecified atom stereocenters. The molecule has 0 radical (unpaired) electrons. The highest BCUT2D eigenvalue weighted by molar-refractivity contribution is 7.89. The third kappa shape index (κ3) is 6.55. The molecule has 35 heavy (non-hydrogen) atoms. The smallest absolute Gasteiger partial charge is 0.244 e. The SMILES string of the molecule is COc1cccc(COC(CN2CCN(S(=O)(=O)c3ccccc3Cl)CC2)c2ccc(Cl)cc2)c1. The Labute approximate surface area is 217 Å². The zero-order valence-corrected chi connectivity index (χ0v) is 21.8. The van der Waals surface area contributed by atoms with Crippen LogP contribution in [-0.4, -0.2) is 57.5 Å². The summed E-state index contributed by atoms with van der Waals surface area (Å²) in [5, 5.41) is 0.905. The Bertz CT molecular complexity index is 1230. The van der Waals surface area contributed by atoms with Crippen LogP contribution < -0.4 is 4.74 Å². The average molecular weight is 535 g/mol. The van der Waals surface area contributed by atoms with Crippen molar-refractivity contribution >= 4 is 33.2 Å². The van der Waals surface area contributed by atoms with Crippen LogP contribution in [-0.2, 0) is 21.4 Å². The highest BCUT2D eigenvalue weighted by Crippen LogP contribution is 2.27. The summed E-state index contributed by atoms with van der Waals surface area (Å²) in [6.07, 6.45) is -0.204. The number of ether oxygens (including phenoxy) is 2. The van der Waals surface area contributed by atoms with Crippen LogP contribution in [0.4, 0.5) is 0 Å². The van der Waals surface area contributed by atoms with Gasteiger partial charge in [-0.2, -0.15) is 4.31 Å². The average Bonchev–Trinajstić information content (AvgIpc) is 2.87. The summed E-state index contributed by atoms with van der Waals surface area (Å²) in [6, 6.07) is 22.0.